The van der Waals surface area contributed by atoms with Crippen LogP contribution in [0.3, 0.4) is 0 Å². The lowest BCUT2D eigenvalue weighted by Gasteiger charge is -2.21. The molecule has 5 unspecified atom stereocenters. The van der Waals surface area contributed by atoms with Crippen molar-refractivity contribution < 1.29 is 80.2 Å². The molecule has 0 aliphatic heterocycles. The Balaban J connectivity index is 5.39. The Morgan fingerprint density at radius 2 is 0.481 bits per heavy atom. The molecule has 3 N–H and O–H groups in total. The predicted molar refractivity (Wildman–Crippen MR) is 445 cm³/mol. The molecule has 19 heteroatoms. The standard InChI is InChI=1S/C89H152O17P2/c1-5-9-13-17-21-25-29-33-36-39-41-44-47-51-54-58-62-66-70-74-87(92)100-80-85(106-89(94)76-72-68-64-60-56-52-48-45-42-40-37-34-30-26-22-18-14-10-6-2)82-104-108(97,98)102-78-83(90)77-101-107(95,96)103-81-84(105-88(93)75-71-67-63-59-55-49-32-28-24-20-16-12-8-4)79-99-86(91)73-69-65-61-57-53-50-46-43-38-35-31-27-23-19-15-11-7-3/h9,11,13,15,21-23,25-28,32-38,41-42,44-45,83-85,90H,5-8,10,12,14,16-20,24,29-31,39-40,43,46-82H2,1-4H3,(H,95,96)(H,97,98)/b13-9-,15-11-,25-21-,26-22-,27-23-,32-28-,36-33-,37-34-,38-35-,44-41-,45-42-. The Hall–Kier alpha value is -4.80. The van der Waals surface area contributed by atoms with E-state index in [2.05, 4.69) is 161 Å². The van der Waals surface area contributed by atoms with Crippen LogP contribution in [-0.2, 0) is 65.4 Å². The summed E-state index contributed by atoms with van der Waals surface area (Å²) in [6.45, 7) is 4.60. The molecule has 0 aromatic rings. The van der Waals surface area contributed by atoms with Gasteiger partial charge in [-0.2, -0.15) is 0 Å². The number of allylic oxidation sites excluding steroid dienone is 22. The third kappa shape index (κ3) is 79.3. The average molecular weight is 1560 g/mol. The SMILES string of the molecule is CC/C=C\C/C=C\C/C=C\C/C=C\CCCCCCCCC(=O)OCC(COP(=O)(O)OCC(O)COP(=O)(O)OCC(COC(=O)CCCCCCCCC/C=C\C/C=C\C/C=C\CC)OC(=O)CCCCCCC/C=C\CCCCCC)OC(=O)CCCCCCCC/C=C\C/C=C\C/C=C\CCCCC. The van der Waals surface area contributed by atoms with Crippen LogP contribution >= 0.6 is 15.6 Å². The number of aliphatic hydroxyl groups is 1. The van der Waals surface area contributed by atoms with Crippen LogP contribution in [0.25, 0.3) is 0 Å². The second-order valence-corrected chi connectivity index (χ2v) is 30.9. The first kappa shape index (κ1) is 103. The van der Waals surface area contributed by atoms with E-state index >= 15 is 0 Å². The Kier molecular flexibility index (Phi) is 76.7. The summed E-state index contributed by atoms with van der Waals surface area (Å²) in [4.78, 5) is 73.2. The van der Waals surface area contributed by atoms with Gasteiger partial charge in [0.15, 0.2) is 12.2 Å². The number of ether oxygens (including phenoxy) is 4. The monoisotopic (exact) mass is 1560 g/mol. The first-order chi connectivity index (χ1) is 52.7. The zero-order valence-electron chi connectivity index (χ0n) is 68.0. The van der Waals surface area contributed by atoms with Crippen molar-refractivity contribution in [2.45, 2.75) is 367 Å². The first-order valence-electron chi connectivity index (χ1n) is 42.4. The van der Waals surface area contributed by atoms with Gasteiger partial charge in [0.25, 0.3) is 0 Å². The van der Waals surface area contributed by atoms with Crippen molar-refractivity contribution in [3.05, 3.63) is 134 Å². The molecule has 0 rings (SSSR count). The fourth-order valence-corrected chi connectivity index (χ4v) is 12.7. The highest BCUT2D eigenvalue weighted by atomic mass is 31.2. The molecule has 5 atom stereocenters. The summed E-state index contributed by atoms with van der Waals surface area (Å²) < 4.78 is 68.8. The van der Waals surface area contributed by atoms with Crippen molar-refractivity contribution in [3.8, 4) is 0 Å². The Labute approximate surface area is 656 Å². The van der Waals surface area contributed by atoms with E-state index in [0.29, 0.717) is 25.7 Å². The number of unbranched alkanes of at least 4 members (excludes halogenated alkanes) is 31. The fraction of sp³-hybridized carbons (Fsp3) is 0.708. The van der Waals surface area contributed by atoms with E-state index in [1.54, 1.807) is 0 Å². The van der Waals surface area contributed by atoms with Gasteiger partial charge in [-0.1, -0.05) is 296 Å². The van der Waals surface area contributed by atoms with E-state index in [-0.39, 0.29) is 25.7 Å². The van der Waals surface area contributed by atoms with Crippen molar-refractivity contribution in [3.63, 3.8) is 0 Å². The van der Waals surface area contributed by atoms with Gasteiger partial charge in [-0.15, -0.1) is 0 Å². The van der Waals surface area contributed by atoms with E-state index in [4.69, 9.17) is 37.0 Å². The van der Waals surface area contributed by atoms with Gasteiger partial charge in [0.1, 0.15) is 19.3 Å². The molecule has 0 aliphatic carbocycles. The van der Waals surface area contributed by atoms with E-state index in [9.17, 15) is 43.2 Å². The number of hydrogen-bond acceptors (Lipinski definition) is 15. The maximum absolute atomic E-state index is 13.1. The number of carbonyl (C=O) groups excluding carboxylic acids is 4. The number of phosphoric acid groups is 2. The molecule has 0 heterocycles. The van der Waals surface area contributed by atoms with Crippen molar-refractivity contribution >= 4 is 39.5 Å². The molecule has 0 fully saturated rings. The zero-order chi connectivity index (χ0) is 78.9. The summed E-state index contributed by atoms with van der Waals surface area (Å²) in [7, 11) is -9.98. The largest absolute Gasteiger partial charge is 0.472 e. The van der Waals surface area contributed by atoms with Crippen molar-refractivity contribution in [2.24, 2.45) is 0 Å². The minimum absolute atomic E-state index is 0.0742. The summed E-state index contributed by atoms with van der Waals surface area (Å²) in [5.41, 5.74) is 0. The molecule has 0 spiro atoms. The number of carbonyl (C=O) groups is 4. The lowest BCUT2D eigenvalue weighted by atomic mass is 10.1. The molecule has 0 aliphatic rings. The second kappa shape index (κ2) is 80.3. The summed E-state index contributed by atoms with van der Waals surface area (Å²) in [5, 5.41) is 10.7. The number of esters is 4. The number of phosphoric ester groups is 2. The van der Waals surface area contributed by atoms with Crippen molar-refractivity contribution in [2.75, 3.05) is 39.6 Å². The topological polar surface area (TPSA) is 237 Å². The number of hydrogen-bond donors (Lipinski definition) is 3. The van der Waals surface area contributed by atoms with Crippen LogP contribution in [0, 0.1) is 0 Å². The Morgan fingerprint density at radius 3 is 0.769 bits per heavy atom. The third-order valence-electron chi connectivity index (χ3n) is 17.6. The summed E-state index contributed by atoms with van der Waals surface area (Å²) in [5.74, 6) is -2.21. The lowest BCUT2D eigenvalue weighted by molar-refractivity contribution is -0.161. The molecule has 620 valence electrons. The molecule has 0 aromatic carbocycles. The Bertz CT molecular complexity index is 2560. The maximum Gasteiger partial charge on any atom is 0.472 e. The normalized spacial score (nSPS) is 14.5. The van der Waals surface area contributed by atoms with Crippen LogP contribution in [0.2, 0.25) is 0 Å². The summed E-state index contributed by atoms with van der Waals surface area (Å²) in [6.07, 6.45) is 91.2. The highest BCUT2D eigenvalue weighted by molar-refractivity contribution is 7.47. The predicted octanol–water partition coefficient (Wildman–Crippen LogP) is 25.2. The van der Waals surface area contributed by atoms with Gasteiger partial charge >= 0.3 is 39.5 Å². The third-order valence-corrected chi connectivity index (χ3v) is 19.5. The average Bonchev–Trinajstić information content (AvgIpc) is 0.892. The van der Waals surface area contributed by atoms with Crippen LogP contribution in [0.5, 0.6) is 0 Å². The highest BCUT2D eigenvalue weighted by Crippen LogP contribution is 2.45. The van der Waals surface area contributed by atoms with E-state index in [1.807, 2.05) is 0 Å². The van der Waals surface area contributed by atoms with Gasteiger partial charge in [0.05, 0.1) is 26.4 Å². The summed E-state index contributed by atoms with van der Waals surface area (Å²) in [6, 6.07) is 0. The molecular weight excluding hydrogens is 1400 g/mol. The van der Waals surface area contributed by atoms with Gasteiger partial charge < -0.3 is 33.8 Å². The van der Waals surface area contributed by atoms with Crippen LogP contribution < -0.4 is 0 Å². The highest BCUT2D eigenvalue weighted by Gasteiger charge is 2.30. The first-order valence-corrected chi connectivity index (χ1v) is 45.4. The van der Waals surface area contributed by atoms with Crippen LogP contribution in [0.15, 0.2) is 134 Å². The van der Waals surface area contributed by atoms with Crippen LogP contribution in [0.4, 0.5) is 0 Å². The quantitative estimate of drug-likeness (QED) is 0.0169. The molecule has 0 radical (unpaired) electrons. The van der Waals surface area contributed by atoms with Gasteiger partial charge in [0.2, 0.25) is 0 Å². The van der Waals surface area contributed by atoms with Gasteiger partial charge in [0, 0.05) is 25.7 Å². The Morgan fingerprint density at radius 1 is 0.269 bits per heavy atom. The smallest absolute Gasteiger partial charge is 0.462 e. The minimum Gasteiger partial charge on any atom is -0.462 e. The summed E-state index contributed by atoms with van der Waals surface area (Å²) >= 11 is 0. The van der Waals surface area contributed by atoms with Crippen molar-refractivity contribution in [1.29, 1.82) is 0 Å². The molecule has 0 aromatic heterocycles. The van der Waals surface area contributed by atoms with Crippen molar-refractivity contribution in [1.82, 2.24) is 0 Å². The minimum atomic E-state index is -4.99. The number of rotatable bonds is 79. The van der Waals surface area contributed by atoms with Gasteiger partial charge in [-0.05, 0) is 161 Å². The van der Waals surface area contributed by atoms with Crippen LogP contribution in [-0.4, -0.2) is 96.7 Å². The fourth-order valence-electron chi connectivity index (χ4n) is 11.2. The van der Waals surface area contributed by atoms with E-state index in [0.717, 1.165) is 225 Å². The number of aliphatic hydroxyl groups excluding tert-OH is 1. The molecular formula is C89H152O17P2. The molecule has 0 bridgehead atoms. The molecule has 0 saturated carbocycles. The molecule has 0 amide bonds. The molecule has 108 heavy (non-hydrogen) atoms. The van der Waals surface area contributed by atoms with Gasteiger partial charge in [-0.25, -0.2) is 9.13 Å². The zero-order valence-corrected chi connectivity index (χ0v) is 69.8. The van der Waals surface area contributed by atoms with Gasteiger partial charge in [-0.3, -0.25) is 37.3 Å². The maximum atomic E-state index is 13.1. The molecule has 17 nitrogen and oxygen atoms in total. The van der Waals surface area contributed by atoms with E-state index in [1.165, 1.54) is 44.9 Å². The lowest BCUT2D eigenvalue weighted by Crippen LogP contribution is -2.30. The van der Waals surface area contributed by atoms with E-state index < -0.39 is 97.5 Å². The molecule has 0 saturated heterocycles. The second-order valence-electron chi connectivity index (χ2n) is 28.0. The van der Waals surface area contributed by atoms with Crippen LogP contribution in [0.1, 0.15) is 349 Å².